The van der Waals surface area contributed by atoms with Crippen molar-refractivity contribution in [3.8, 4) is 16.8 Å². The van der Waals surface area contributed by atoms with Gasteiger partial charge in [0.05, 0.1) is 16.7 Å². The minimum absolute atomic E-state index is 0.912. The monoisotopic (exact) mass is 626 g/mol. The molecule has 10 rings (SSSR count). The second kappa shape index (κ2) is 11.0. The van der Waals surface area contributed by atoms with Gasteiger partial charge >= 0.3 is 0 Å². The number of aromatic nitrogens is 1. The number of hydrogen-bond donors (Lipinski definition) is 0. The van der Waals surface area contributed by atoms with Gasteiger partial charge in [0.25, 0.3) is 0 Å². The molecule has 0 N–H and O–H groups in total. The molecule has 3 heteroatoms. The van der Waals surface area contributed by atoms with E-state index in [1.165, 1.54) is 32.9 Å². The molecule has 0 unspecified atom stereocenters. The van der Waals surface area contributed by atoms with Gasteiger partial charge in [-0.15, -0.1) is 0 Å². The minimum atomic E-state index is 0.912. The van der Waals surface area contributed by atoms with Crippen molar-refractivity contribution < 1.29 is 4.42 Å². The summed E-state index contributed by atoms with van der Waals surface area (Å²) in [7, 11) is 0. The number of hydrogen-bond acceptors (Lipinski definition) is 2. The lowest BCUT2D eigenvalue weighted by Gasteiger charge is -2.28. The topological polar surface area (TPSA) is 21.3 Å². The molecule has 0 saturated heterocycles. The van der Waals surface area contributed by atoms with Crippen molar-refractivity contribution in [1.29, 1.82) is 0 Å². The average Bonchev–Trinajstić information content (AvgIpc) is 3.72. The van der Waals surface area contributed by atoms with Crippen LogP contribution in [0.2, 0.25) is 0 Å². The highest BCUT2D eigenvalue weighted by Crippen LogP contribution is 2.44. The van der Waals surface area contributed by atoms with Crippen LogP contribution >= 0.6 is 0 Å². The Morgan fingerprint density at radius 1 is 0.429 bits per heavy atom. The molecule has 3 nitrogen and oxygen atoms in total. The van der Waals surface area contributed by atoms with E-state index in [2.05, 4.69) is 179 Å². The molecule has 0 radical (unpaired) electrons. The van der Waals surface area contributed by atoms with Gasteiger partial charge in [-0.2, -0.15) is 0 Å². The van der Waals surface area contributed by atoms with E-state index in [4.69, 9.17) is 4.42 Å². The van der Waals surface area contributed by atoms with Gasteiger partial charge in [-0.05, 0) is 83.7 Å². The fourth-order valence-electron chi connectivity index (χ4n) is 7.55. The summed E-state index contributed by atoms with van der Waals surface area (Å²) in [5.74, 6) is 0. The zero-order valence-corrected chi connectivity index (χ0v) is 26.6. The SMILES string of the molecule is c1ccc(-c2ccccc2N(c2ccc3c(ccc4c5ccccc5oc34)c2)c2ccc3c(c2)c2ccccc2n3-c2ccccc2)cc1. The Kier molecular flexibility index (Phi) is 6.18. The van der Waals surface area contributed by atoms with Crippen molar-refractivity contribution in [3.63, 3.8) is 0 Å². The Labute approximate surface area is 283 Å². The van der Waals surface area contributed by atoms with Crippen LogP contribution in [0.15, 0.2) is 186 Å². The zero-order chi connectivity index (χ0) is 32.3. The smallest absolute Gasteiger partial charge is 0.143 e. The highest BCUT2D eigenvalue weighted by atomic mass is 16.3. The van der Waals surface area contributed by atoms with Gasteiger partial charge < -0.3 is 13.9 Å². The van der Waals surface area contributed by atoms with Gasteiger partial charge in [0.2, 0.25) is 0 Å². The van der Waals surface area contributed by atoms with E-state index in [0.29, 0.717) is 0 Å². The molecular weight excluding hydrogens is 597 g/mol. The molecular formula is C46H30N2O. The van der Waals surface area contributed by atoms with E-state index in [-0.39, 0.29) is 0 Å². The molecule has 0 aliphatic rings. The number of nitrogens with zero attached hydrogens (tertiary/aromatic N) is 2. The van der Waals surface area contributed by atoms with Crippen LogP contribution in [0.3, 0.4) is 0 Å². The van der Waals surface area contributed by atoms with Crippen molar-refractivity contribution in [2.24, 2.45) is 0 Å². The van der Waals surface area contributed by atoms with Gasteiger partial charge in [0.1, 0.15) is 11.2 Å². The molecule has 0 amide bonds. The predicted octanol–water partition coefficient (Wildman–Crippen LogP) is 13.0. The normalized spacial score (nSPS) is 11.7. The first kappa shape index (κ1) is 27.5. The second-order valence-electron chi connectivity index (χ2n) is 12.6. The van der Waals surface area contributed by atoms with Crippen LogP contribution in [0.1, 0.15) is 0 Å². The van der Waals surface area contributed by atoms with Crippen molar-refractivity contribution in [2.75, 3.05) is 4.90 Å². The van der Waals surface area contributed by atoms with Gasteiger partial charge in [-0.1, -0.05) is 109 Å². The number of para-hydroxylation sites is 4. The van der Waals surface area contributed by atoms with Crippen molar-refractivity contribution in [1.82, 2.24) is 4.57 Å². The summed E-state index contributed by atoms with van der Waals surface area (Å²) in [5, 5.41) is 6.96. The highest BCUT2D eigenvalue weighted by Gasteiger charge is 2.21. The van der Waals surface area contributed by atoms with E-state index in [9.17, 15) is 0 Å². The molecule has 2 heterocycles. The summed E-state index contributed by atoms with van der Waals surface area (Å²) in [6, 6.07) is 65.0. The summed E-state index contributed by atoms with van der Waals surface area (Å²) >= 11 is 0. The van der Waals surface area contributed by atoms with Gasteiger partial charge in [0, 0.05) is 49.6 Å². The van der Waals surface area contributed by atoms with E-state index in [1.807, 2.05) is 12.1 Å². The number of benzene rings is 8. The molecule has 0 aliphatic heterocycles. The average molecular weight is 627 g/mol. The number of fused-ring (bicyclic) bond motifs is 8. The quantitative estimate of drug-likeness (QED) is 0.190. The third-order valence-electron chi connectivity index (χ3n) is 9.76. The summed E-state index contributed by atoms with van der Waals surface area (Å²) in [6.45, 7) is 0. The molecule has 0 spiro atoms. The fraction of sp³-hybridized carbons (Fsp3) is 0. The van der Waals surface area contributed by atoms with E-state index in [1.54, 1.807) is 0 Å². The highest BCUT2D eigenvalue weighted by molar-refractivity contribution is 6.16. The van der Waals surface area contributed by atoms with E-state index in [0.717, 1.165) is 55.5 Å². The molecule has 49 heavy (non-hydrogen) atoms. The molecule has 0 bridgehead atoms. The molecule has 10 aromatic rings. The zero-order valence-electron chi connectivity index (χ0n) is 26.6. The summed E-state index contributed by atoms with van der Waals surface area (Å²) in [4.78, 5) is 2.40. The second-order valence-corrected chi connectivity index (χ2v) is 12.6. The lowest BCUT2D eigenvalue weighted by Crippen LogP contribution is -2.11. The van der Waals surface area contributed by atoms with Crippen LogP contribution in [0, 0.1) is 0 Å². The van der Waals surface area contributed by atoms with Crippen molar-refractivity contribution in [3.05, 3.63) is 182 Å². The maximum atomic E-state index is 6.42. The lowest BCUT2D eigenvalue weighted by atomic mass is 10.0. The molecule has 2 aromatic heterocycles. The Bertz CT molecular complexity index is 2830. The van der Waals surface area contributed by atoms with Crippen LogP contribution in [0.5, 0.6) is 0 Å². The fourth-order valence-corrected chi connectivity index (χ4v) is 7.55. The van der Waals surface area contributed by atoms with E-state index >= 15 is 0 Å². The number of anilines is 3. The lowest BCUT2D eigenvalue weighted by molar-refractivity contribution is 0.672. The van der Waals surface area contributed by atoms with Crippen LogP contribution < -0.4 is 4.90 Å². The summed E-state index contributed by atoms with van der Waals surface area (Å²) in [5.41, 5.74) is 11.0. The first-order chi connectivity index (χ1) is 24.3. The third kappa shape index (κ3) is 4.37. The largest absolute Gasteiger partial charge is 0.455 e. The standard InChI is InChI=1S/C46H30N2O/c1-3-13-31(14-4-1)36-17-7-10-20-42(36)47(34-24-27-37-32(29-34)23-26-40-39-19-9-12-22-45(39)49-46(37)40)35-25-28-44-41(30-35)38-18-8-11-21-43(38)48(44)33-15-5-2-6-16-33/h1-30H. The molecule has 0 atom stereocenters. The van der Waals surface area contributed by atoms with Crippen LogP contribution in [-0.2, 0) is 0 Å². The number of furan rings is 1. The third-order valence-corrected chi connectivity index (χ3v) is 9.76. The van der Waals surface area contributed by atoms with Crippen LogP contribution in [-0.4, -0.2) is 4.57 Å². The Morgan fingerprint density at radius 3 is 1.96 bits per heavy atom. The molecule has 0 fully saturated rings. The molecule has 0 saturated carbocycles. The molecule has 230 valence electrons. The Balaban J connectivity index is 1.23. The maximum Gasteiger partial charge on any atom is 0.143 e. The Morgan fingerprint density at radius 2 is 1.08 bits per heavy atom. The van der Waals surface area contributed by atoms with Crippen molar-refractivity contribution in [2.45, 2.75) is 0 Å². The van der Waals surface area contributed by atoms with Crippen molar-refractivity contribution >= 4 is 71.6 Å². The van der Waals surface area contributed by atoms with Gasteiger partial charge in [-0.3, -0.25) is 0 Å². The van der Waals surface area contributed by atoms with Crippen LogP contribution in [0.4, 0.5) is 17.1 Å². The van der Waals surface area contributed by atoms with E-state index < -0.39 is 0 Å². The predicted molar refractivity (Wildman–Crippen MR) is 206 cm³/mol. The maximum absolute atomic E-state index is 6.42. The summed E-state index contributed by atoms with van der Waals surface area (Å²) in [6.07, 6.45) is 0. The molecule has 8 aromatic carbocycles. The number of rotatable bonds is 5. The van der Waals surface area contributed by atoms with Gasteiger partial charge in [0.15, 0.2) is 0 Å². The first-order valence-electron chi connectivity index (χ1n) is 16.7. The van der Waals surface area contributed by atoms with Crippen LogP contribution in [0.25, 0.3) is 71.3 Å². The Hall–Kier alpha value is -6.58. The summed E-state index contributed by atoms with van der Waals surface area (Å²) < 4.78 is 8.79. The van der Waals surface area contributed by atoms with Gasteiger partial charge in [-0.25, -0.2) is 0 Å². The first-order valence-corrected chi connectivity index (χ1v) is 16.7. The minimum Gasteiger partial charge on any atom is -0.455 e. The molecule has 0 aliphatic carbocycles.